The lowest BCUT2D eigenvalue weighted by molar-refractivity contribution is -0.111. The summed E-state index contributed by atoms with van der Waals surface area (Å²) in [6, 6.07) is 13.9. The number of carbonyl (C=O) groups excluding carboxylic acids is 1. The number of ether oxygens (including phenoxy) is 2. The molecule has 0 bridgehead atoms. The van der Waals surface area contributed by atoms with E-state index in [1.165, 1.54) is 24.3 Å². The van der Waals surface area contributed by atoms with Gasteiger partial charge in [0.25, 0.3) is 0 Å². The molecule has 1 aliphatic heterocycles. The predicted octanol–water partition coefficient (Wildman–Crippen LogP) is 6.51. The van der Waals surface area contributed by atoms with E-state index in [1.807, 2.05) is 18.2 Å². The first-order chi connectivity index (χ1) is 22.4. The average Bonchev–Trinajstić information content (AvgIpc) is 3.45. The molecule has 1 saturated heterocycles. The van der Waals surface area contributed by atoms with Crippen LogP contribution in [-0.4, -0.2) is 80.4 Å². The average molecular weight is 664 g/mol. The summed E-state index contributed by atoms with van der Waals surface area (Å²) in [7, 11) is 2.35. The van der Waals surface area contributed by atoms with Crippen LogP contribution in [0.3, 0.4) is 0 Å². The number of halogens is 2. The first-order valence-electron chi connectivity index (χ1n) is 15.6. The van der Waals surface area contributed by atoms with Crippen molar-refractivity contribution in [3.8, 4) is 5.75 Å². The summed E-state index contributed by atoms with van der Waals surface area (Å²) >= 11 is 0. The molecule has 10 nitrogen and oxygen atoms in total. The van der Waals surface area contributed by atoms with Crippen LogP contribution >= 0.6 is 0 Å². The maximum atomic E-state index is 16.5. The van der Waals surface area contributed by atoms with Gasteiger partial charge in [-0.25, -0.2) is 4.98 Å². The number of hydrogen-bond acceptors (Lipinski definition) is 8. The Balaban J connectivity index is 1.52. The van der Waals surface area contributed by atoms with Crippen LogP contribution < -0.4 is 20.3 Å². The molecule has 1 aliphatic rings. The lowest BCUT2D eigenvalue weighted by Crippen LogP contribution is -2.44. The van der Waals surface area contributed by atoms with Crippen LogP contribution in [0.5, 0.6) is 5.75 Å². The van der Waals surface area contributed by atoms with Crippen molar-refractivity contribution in [2.45, 2.75) is 38.3 Å². The van der Waals surface area contributed by atoms with Gasteiger partial charge in [0.05, 0.1) is 12.8 Å². The maximum absolute atomic E-state index is 16.5. The Labute approximate surface area is 275 Å². The fourth-order valence-corrected chi connectivity index (χ4v) is 6.05. The van der Waals surface area contributed by atoms with E-state index in [1.54, 1.807) is 23.9 Å². The van der Waals surface area contributed by atoms with Gasteiger partial charge in [-0.1, -0.05) is 38.4 Å². The first kappa shape index (κ1) is 34.0. The van der Waals surface area contributed by atoms with Crippen LogP contribution in [0, 0.1) is 0 Å². The number of anilines is 4. The van der Waals surface area contributed by atoms with Crippen molar-refractivity contribution >= 4 is 48.0 Å². The van der Waals surface area contributed by atoms with Gasteiger partial charge in [-0.2, -0.15) is 13.8 Å². The van der Waals surface area contributed by atoms with E-state index >= 15 is 8.78 Å². The molecule has 1 fully saturated rings. The topological polar surface area (TPSA) is 96.8 Å². The Morgan fingerprint density at radius 2 is 1.85 bits per heavy atom. The molecule has 0 aliphatic carbocycles. The Kier molecular flexibility index (Phi) is 10.3. The van der Waals surface area contributed by atoms with E-state index < -0.39 is 25.6 Å². The number of carbonyl (C=O) groups is 1. The molecule has 1 amide bonds. The number of alkyl halides is 2. The maximum Gasteiger partial charge on any atom is 0.315 e. The molecule has 0 atom stereocenters. The number of nitrogens with one attached hydrogen (secondary N) is 2. The zero-order chi connectivity index (χ0) is 33.8. The van der Waals surface area contributed by atoms with Crippen molar-refractivity contribution in [2.75, 3.05) is 62.5 Å². The highest BCUT2D eigenvalue weighted by Crippen LogP contribution is 2.40. The zero-order valence-corrected chi connectivity index (χ0v) is 28.6. The third-order valence-corrected chi connectivity index (χ3v) is 9.83. The van der Waals surface area contributed by atoms with Crippen LogP contribution in [0.4, 0.5) is 31.8 Å². The standard InChI is InChI=1S/C34H43F2N7O3Si/c1-7-30(44)37-25-10-8-9-24(21-25)34(35,36)31-27-13-14-43(23-46-19-20-47(4,5)6)32(27)40-33(39-31)38-28-12-11-26(22-29(28)45-3)42-17-15-41(2)16-18-42/h7-14,21-22H,1,15-20,23H2,2-6H3,(H,37,44)(H,38,39,40). The first-order valence-corrected chi connectivity index (χ1v) is 19.3. The van der Waals surface area contributed by atoms with Crippen molar-refractivity contribution in [2.24, 2.45) is 0 Å². The highest BCUT2D eigenvalue weighted by molar-refractivity contribution is 6.76. The molecule has 5 rings (SSSR count). The highest BCUT2D eigenvalue weighted by atomic mass is 28.3. The fourth-order valence-electron chi connectivity index (χ4n) is 5.29. The highest BCUT2D eigenvalue weighted by Gasteiger charge is 2.39. The fraction of sp³-hybridized carbons (Fsp3) is 0.382. The Morgan fingerprint density at radius 1 is 1.09 bits per heavy atom. The summed E-state index contributed by atoms with van der Waals surface area (Å²) in [5.41, 5.74) is 1.25. The molecule has 47 heavy (non-hydrogen) atoms. The quantitative estimate of drug-likeness (QED) is 0.0950. The summed E-state index contributed by atoms with van der Waals surface area (Å²) in [5.74, 6) is -3.53. The lowest BCUT2D eigenvalue weighted by Gasteiger charge is -2.34. The van der Waals surface area contributed by atoms with Crippen LogP contribution in [0.25, 0.3) is 11.0 Å². The minimum absolute atomic E-state index is 0.0176. The molecule has 3 heterocycles. The Hall–Kier alpha value is -4.33. The van der Waals surface area contributed by atoms with Gasteiger partial charge in [0.2, 0.25) is 11.9 Å². The normalized spacial score (nSPS) is 14.3. The molecule has 4 aromatic rings. The van der Waals surface area contributed by atoms with Gasteiger partial charge < -0.3 is 34.5 Å². The molecule has 0 radical (unpaired) electrons. The lowest BCUT2D eigenvalue weighted by atomic mass is 10.0. The number of benzene rings is 2. The molecule has 2 aromatic heterocycles. The van der Waals surface area contributed by atoms with E-state index in [-0.39, 0.29) is 29.3 Å². The van der Waals surface area contributed by atoms with Gasteiger partial charge in [-0.05, 0) is 49.5 Å². The minimum atomic E-state index is -3.55. The Morgan fingerprint density at radius 3 is 2.55 bits per heavy atom. The summed E-state index contributed by atoms with van der Waals surface area (Å²) in [6.45, 7) is 14.6. The predicted molar refractivity (Wildman–Crippen MR) is 186 cm³/mol. The molecule has 2 aromatic carbocycles. The number of nitrogens with zero attached hydrogens (tertiary/aromatic N) is 5. The number of methoxy groups -OCH3 is 1. The number of amides is 1. The van der Waals surface area contributed by atoms with E-state index in [0.717, 1.165) is 44.0 Å². The van der Waals surface area contributed by atoms with Crippen LogP contribution in [0.2, 0.25) is 25.7 Å². The third-order valence-electron chi connectivity index (χ3n) is 8.12. The molecule has 0 unspecified atom stereocenters. The number of aromatic nitrogens is 3. The smallest absolute Gasteiger partial charge is 0.315 e. The molecule has 2 N–H and O–H groups in total. The largest absolute Gasteiger partial charge is 0.494 e. The van der Waals surface area contributed by atoms with Crippen molar-refractivity contribution in [3.05, 3.63) is 78.6 Å². The van der Waals surface area contributed by atoms with E-state index in [9.17, 15) is 4.79 Å². The number of hydrogen-bond donors (Lipinski definition) is 2. The monoisotopic (exact) mass is 663 g/mol. The summed E-state index contributed by atoms with van der Waals surface area (Å²) in [4.78, 5) is 25.5. The van der Waals surface area contributed by atoms with E-state index in [2.05, 4.69) is 63.7 Å². The van der Waals surface area contributed by atoms with E-state index in [4.69, 9.17) is 9.47 Å². The van der Waals surface area contributed by atoms with Gasteiger partial charge in [-0.3, -0.25) is 4.79 Å². The molecular weight excluding hydrogens is 621 g/mol. The van der Waals surface area contributed by atoms with Crippen molar-refractivity contribution < 1.29 is 23.0 Å². The van der Waals surface area contributed by atoms with Crippen molar-refractivity contribution in [1.82, 2.24) is 19.4 Å². The van der Waals surface area contributed by atoms with Gasteiger partial charge in [0.1, 0.15) is 23.8 Å². The molecule has 0 saturated carbocycles. The second kappa shape index (κ2) is 14.2. The number of likely N-dealkylation sites (N-methyl/N-ethyl adjacent to an activating group) is 1. The summed E-state index contributed by atoms with van der Waals surface area (Å²) in [5, 5.41) is 5.88. The van der Waals surface area contributed by atoms with Crippen molar-refractivity contribution in [3.63, 3.8) is 0 Å². The van der Waals surface area contributed by atoms with Gasteiger partial charge in [0.15, 0.2) is 0 Å². The van der Waals surface area contributed by atoms with E-state index in [0.29, 0.717) is 23.7 Å². The SMILES string of the molecule is C=CC(=O)Nc1cccc(C(F)(F)c2nc(Nc3ccc(N4CCN(C)CC4)cc3OC)nc3c2ccn3COCC[Si](C)(C)C)c1. The number of piperazine rings is 1. The van der Waals surface area contributed by atoms with Gasteiger partial charge in [-0.15, -0.1) is 0 Å². The molecule has 250 valence electrons. The van der Waals surface area contributed by atoms with Crippen LogP contribution in [0.15, 0.2) is 67.4 Å². The number of rotatable bonds is 13. The molecule has 0 spiro atoms. The van der Waals surface area contributed by atoms with Crippen LogP contribution in [-0.2, 0) is 22.2 Å². The summed E-state index contributed by atoms with van der Waals surface area (Å²) < 4.78 is 46.4. The Bertz CT molecular complexity index is 1730. The molecular formula is C34H43F2N7O3Si. The minimum Gasteiger partial charge on any atom is -0.494 e. The van der Waals surface area contributed by atoms with Gasteiger partial charge in [0, 0.05) is 75.4 Å². The zero-order valence-electron chi connectivity index (χ0n) is 27.6. The van der Waals surface area contributed by atoms with Crippen molar-refractivity contribution in [1.29, 1.82) is 0 Å². The molecule has 13 heteroatoms. The van der Waals surface area contributed by atoms with Crippen LogP contribution in [0.1, 0.15) is 11.3 Å². The van der Waals surface area contributed by atoms with Gasteiger partial charge >= 0.3 is 5.92 Å². The second-order valence-corrected chi connectivity index (χ2v) is 18.5. The third kappa shape index (κ3) is 8.15. The number of fused-ring (bicyclic) bond motifs is 1. The summed E-state index contributed by atoms with van der Waals surface area (Å²) in [6.07, 6.45) is 2.76. The second-order valence-electron chi connectivity index (χ2n) is 12.9.